The highest BCUT2D eigenvalue weighted by atomic mass is 16.5. The first-order chi connectivity index (χ1) is 26.2. The number of benzene rings is 1. The lowest BCUT2D eigenvalue weighted by atomic mass is 9.42. The number of fused-ring (bicyclic) bond motifs is 4. The van der Waals surface area contributed by atoms with Gasteiger partial charge in [0.25, 0.3) is 0 Å². The fourth-order valence-corrected chi connectivity index (χ4v) is 12.9. The van der Waals surface area contributed by atoms with Crippen LogP contribution in [0.1, 0.15) is 91.0 Å². The molecule has 1 spiro atoms. The van der Waals surface area contributed by atoms with Gasteiger partial charge in [-0.15, -0.1) is 5.92 Å². The molecule has 9 aliphatic rings. The molecule has 17 unspecified atom stereocenters. The van der Waals surface area contributed by atoms with Crippen LogP contribution in [0, 0.1) is 70.0 Å². The molecule has 1 saturated heterocycles. The van der Waals surface area contributed by atoms with Crippen LogP contribution in [-0.4, -0.2) is 100 Å². The van der Waals surface area contributed by atoms with E-state index in [1.807, 2.05) is 31.2 Å². The largest absolute Gasteiger partial charge is 0.392 e. The number of carbonyl (C=O) groups is 1. The summed E-state index contributed by atoms with van der Waals surface area (Å²) < 4.78 is 20.4. The molecule has 0 radical (unpaired) electrons. The predicted octanol–water partition coefficient (Wildman–Crippen LogP) is 4.17. The van der Waals surface area contributed by atoms with E-state index in [1.54, 1.807) is 13.8 Å². The summed E-state index contributed by atoms with van der Waals surface area (Å²) in [5.41, 5.74) is -1.53. The SMILES string of the molecule is CC(O)CNCC1C(C)C2OC1C(O)C(C)(O)C1CCC34OCC#CC(c5ccccc5)COC5CCC6(C)C(C5)C(=O)C=C3C6CC(CC#CC2O)C14C. The third-order valence-electron chi connectivity index (χ3n) is 16.0. The van der Waals surface area contributed by atoms with Crippen molar-refractivity contribution in [2.75, 3.05) is 26.3 Å². The average Bonchev–Trinajstić information content (AvgIpc) is 3.66. The fourth-order valence-electron chi connectivity index (χ4n) is 12.9. The molecule has 17 atom stereocenters. The second-order valence-corrected chi connectivity index (χ2v) is 18.8. The average molecular weight is 756 g/mol. The fraction of sp³-hybridized carbons (Fsp3) is 0.717. The maximum absolute atomic E-state index is 14.5. The molecule has 1 aromatic rings. The van der Waals surface area contributed by atoms with Crippen molar-refractivity contribution < 1.29 is 39.4 Å². The van der Waals surface area contributed by atoms with E-state index < -0.39 is 53.1 Å². The van der Waals surface area contributed by atoms with Crippen molar-refractivity contribution in [2.45, 2.75) is 133 Å². The summed E-state index contributed by atoms with van der Waals surface area (Å²) in [5.74, 6) is 12.4. The van der Waals surface area contributed by atoms with E-state index in [1.165, 1.54) is 0 Å². The molecule has 8 bridgehead atoms. The zero-order valence-electron chi connectivity index (χ0n) is 33.2. The minimum atomic E-state index is -1.63. The van der Waals surface area contributed by atoms with Gasteiger partial charge in [0.05, 0.1) is 48.1 Å². The number of hydrogen-bond acceptors (Lipinski definition) is 9. The molecule has 3 saturated carbocycles. The summed E-state index contributed by atoms with van der Waals surface area (Å²) in [7, 11) is 0. The van der Waals surface area contributed by atoms with Gasteiger partial charge < -0.3 is 40.0 Å². The molecule has 4 aliphatic carbocycles. The van der Waals surface area contributed by atoms with Gasteiger partial charge in [-0.2, -0.15) is 0 Å². The number of aliphatic hydroxyl groups excluding tert-OH is 3. The Kier molecular flexibility index (Phi) is 10.5. The summed E-state index contributed by atoms with van der Waals surface area (Å²) in [5, 5.41) is 50.3. The van der Waals surface area contributed by atoms with E-state index in [0.717, 1.165) is 30.4 Å². The van der Waals surface area contributed by atoms with Crippen molar-refractivity contribution >= 4 is 5.78 Å². The van der Waals surface area contributed by atoms with E-state index in [0.29, 0.717) is 45.4 Å². The summed E-state index contributed by atoms with van der Waals surface area (Å²) >= 11 is 0. The molecule has 298 valence electrons. The number of allylic oxidation sites excluding steroid dienone is 1. The van der Waals surface area contributed by atoms with Crippen molar-refractivity contribution in [1.29, 1.82) is 0 Å². The molecule has 10 rings (SSSR count). The van der Waals surface area contributed by atoms with Crippen LogP contribution in [0.25, 0.3) is 0 Å². The topological polar surface area (TPSA) is 138 Å². The molecule has 1 aromatic carbocycles. The Labute approximate surface area is 327 Å². The Morgan fingerprint density at radius 3 is 2.55 bits per heavy atom. The number of hydrogen-bond donors (Lipinski definition) is 5. The normalized spacial score (nSPS) is 48.2. The molecule has 0 aromatic heterocycles. The zero-order valence-corrected chi connectivity index (χ0v) is 33.2. The quantitative estimate of drug-likeness (QED) is 0.281. The monoisotopic (exact) mass is 755 g/mol. The smallest absolute Gasteiger partial charge is 0.159 e. The number of aliphatic hydroxyl groups is 4. The van der Waals surface area contributed by atoms with Gasteiger partial charge in [-0.3, -0.25) is 4.79 Å². The van der Waals surface area contributed by atoms with Crippen LogP contribution < -0.4 is 5.32 Å². The van der Waals surface area contributed by atoms with Crippen LogP contribution in [0.2, 0.25) is 0 Å². The Bertz CT molecular complexity index is 1770. The lowest BCUT2D eigenvalue weighted by Gasteiger charge is -2.64. The Morgan fingerprint density at radius 2 is 1.78 bits per heavy atom. The lowest BCUT2D eigenvalue weighted by molar-refractivity contribution is -0.219. The summed E-state index contributed by atoms with van der Waals surface area (Å²) in [6, 6.07) is 10.2. The molecule has 55 heavy (non-hydrogen) atoms. The maximum atomic E-state index is 14.5. The Balaban J connectivity index is 1.25. The highest BCUT2D eigenvalue weighted by molar-refractivity contribution is 5.95. The molecule has 4 fully saturated rings. The van der Waals surface area contributed by atoms with Crippen molar-refractivity contribution in [2.24, 2.45) is 46.3 Å². The van der Waals surface area contributed by atoms with E-state index in [2.05, 4.69) is 55.0 Å². The molecule has 5 aliphatic heterocycles. The van der Waals surface area contributed by atoms with Gasteiger partial charge in [0.1, 0.15) is 18.8 Å². The van der Waals surface area contributed by atoms with Crippen molar-refractivity contribution in [3.05, 3.63) is 47.5 Å². The van der Waals surface area contributed by atoms with Gasteiger partial charge >= 0.3 is 0 Å². The van der Waals surface area contributed by atoms with Crippen LogP contribution in [0.3, 0.4) is 0 Å². The second-order valence-electron chi connectivity index (χ2n) is 18.8. The summed E-state index contributed by atoms with van der Waals surface area (Å²) in [4.78, 5) is 14.5. The predicted molar refractivity (Wildman–Crippen MR) is 207 cm³/mol. The van der Waals surface area contributed by atoms with Crippen LogP contribution in [-0.2, 0) is 19.0 Å². The van der Waals surface area contributed by atoms with Gasteiger partial charge in [-0.1, -0.05) is 68.9 Å². The van der Waals surface area contributed by atoms with Crippen molar-refractivity contribution in [3.8, 4) is 23.7 Å². The van der Waals surface area contributed by atoms with Gasteiger partial charge in [0.2, 0.25) is 0 Å². The molecular weight excluding hydrogens is 695 g/mol. The van der Waals surface area contributed by atoms with E-state index in [4.69, 9.17) is 14.2 Å². The Hall–Kier alpha value is -2.57. The number of ketones is 1. The standard InChI is InChI=1S/C46H61NO8/c1-27(48)24-47-25-33-28(2)40-37(49)15-9-14-31-21-34-35-23-38(50)36-22-32(16-18-43(34,36)3)53-26-30(29-11-7-6-8-12-29)13-10-20-54-46(35)19-17-39(44(31,46)4)45(5,52)42(51)41(33)55-40/h6-8,11-12,23,27-28,30-34,36-37,39-42,47-49,51-52H,14,16-22,24-26H2,1-5H3. The van der Waals surface area contributed by atoms with Crippen LogP contribution in [0.4, 0.5) is 0 Å². The summed E-state index contributed by atoms with van der Waals surface area (Å²) in [6.45, 7) is 11.4. The molecule has 5 N–H and O–H groups in total. The van der Waals surface area contributed by atoms with Crippen LogP contribution in [0.5, 0.6) is 0 Å². The first-order valence-electron chi connectivity index (χ1n) is 20.9. The highest BCUT2D eigenvalue weighted by Crippen LogP contribution is 2.72. The van der Waals surface area contributed by atoms with E-state index in [-0.39, 0.29) is 59.4 Å². The third kappa shape index (κ3) is 6.28. The number of ether oxygens (including phenoxy) is 3. The minimum Gasteiger partial charge on any atom is -0.392 e. The first kappa shape index (κ1) is 39.3. The number of rotatable bonds is 5. The maximum Gasteiger partial charge on any atom is 0.159 e. The van der Waals surface area contributed by atoms with Crippen molar-refractivity contribution in [1.82, 2.24) is 5.32 Å². The molecule has 0 amide bonds. The summed E-state index contributed by atoms with van der Waals surface area (Å²) in [6.07, 6.45) is 2.27. The van der Waals surface area contributed by atoms with Gasteiger partial charge in [-0.05, 0) is 98.7 Å². The third-order valence-corrected chi connectivity index (χ3v) is 16.0. The van der Waals surface area contributed by atoms with Gasteiger partial charge in [-0.25, -0.2) is 0 Å². The van der Waals surface area contributed by atoms with Crippen LogP contribution in [0.15, 0.2) is 42.0 Å². The van der Waals surface area contributed by atoms with E-state index >= 15 is 0 Å². The van der Waals surface area contributed by atoms with Crippen LogP contribution >= 0.6 is 0 Å². The van der Waals surface area contributed by atoms with Gasteiger partial charge in [0.15, 0.2) is 5.78 Å². The minimum absolute atomic E-state index is 0.0285. The highest BCUT2D eigenvalue weighted by Gasteiger charge is 2.73. The second kappa shape index (κ2) is 14.7. The number of carbonyl (C=O) groups excluding carboxylic acids is 1. The lowest BCUT2D eigenvalue weighted by Crippen LogP contribution is -2.66. The first-order valence-corrected chi connectivity index (χ1v) is 20.9. The molecule has 9 nitrogen and oxygen atoms in total. The van der Waals surface area contributed by atoms with Crippen molar-refractivity contribution in [3.63, 3.8) is 0 Å². The molecule has 5 heterocycles. The number of nitrogens with one attached hydrogen (secondary N) is 1. The van der Waals surface area contributed by atoms with E-state index in [9.17, 15) is 25.2 Å². The zero-order chi connectivity index (χ0) is 38.9. The molecule has 9 heteroatoms. The Morgan fingerprint density at radius 1 is 1.00 bits per heavy atom. The molecular formula is C46H61NO8. The van der Waals surface area contributed by atoms with Gasteiger partial charge in [0, 0.05) is 36.8 Å².